The van der Waals surface area contributed by atoms with E-state index in [9.17, 15) is 18.0 Å². The number of aliphatic imine (C=N–C) groups is 2. The highest BCUT2D eigenvalue weighted by Gasteiger charge is 2.54. The first-order valence-electron chi connectivity index (χ1n) is 14.4. The van der Waals surface area contributed by atoms with Crippen LogP contribution in [-0.2, 0) is 0 Å². The summed E-state index contributed by atoms with van der Waals surface area (Å²) < 4.78 is 38.4. The molecule has 0 aromatic rings. The minimum Gasteiger partial charge on any atom is -0.327 e. The van der Waals surface area contributed by atoms with Crippen LogP contribution in [0.25, 0.3) is 0 Å². The van der Waals surface area contributed by atoms with Crippen molar-refractivity contribution in [1.82, 2.24) is 20.7 Å². The first-order chi connectivity index (χ1) is 18.0. The average Bonchev–Trinajstić information content (AvgIpc) is 2.77. The number of carbonyl (C=O) groups is 1. The molecule has 4 fully saturated rings. The monoisotopic (exact) mass is 534 g/mol. The molecular weight excluding hydrogens is 493 g/mol. The van der Waals surface area contributed by atoms with Gasteiger partial charge in [-0.2, -0.15) is 13.2 Å². The summed E-state index contributed by atoms with van der Waals surface area (Å²) in [6, 6.07) is 0.490. The molecule has 0 aromatic heterocycles. The molecule has 210 valence electrons. The van der Waals surface area contributed by atoms with Gasteiger partial charge in [0.05, 0.1) is 19.0 Å². The van der Waals surface area contributed by atoms with Crippen LogP contribution in [0.2, 0.25) is 0 Å². The Morgan fingerprint density at radius 1 is 1.16 bits per heavy atom. The lowest BCUT2D eigenvalue weighted by Gasteiger charge is -2.60. The Hall–Kier alpha value is -2.10. The molecular formula is C28H41F3N6O. The molecule has 2 unspecified atom stereocenters. The van der Waals surface area contributed by atoms with Gasteiger partial charge >= 0.3 is 12.2 Å². The number of urea groups is 1. The lowest BCUT2D eigenvalue weighted by molar-refractivity contribution is -0.158. The van der Waals surface area contributed by atoms with Crippen molar-refractivity contribution in [2.45, 2.75) is 70.5 Å². The van der Waals surface area contributed by atoms with Gasteiger partial charge in [-0.25, -0.2) is 10.2 Å². The maximum Gasteiger partial charge on any atom is 0.396 e. The number of halogens is 3. The first-order valence-corrected chi connectivity index (χ1v) is 14.4. The van der Waals surface area contributed by atoms with Crippen molar-refractivity contribution in [3.8, 4) is 0 Å². The van der Waals surface area contributed by atoms with Gasteiger partial charge in [-0.1, -0.05) is 19.4 Å². The van der Waals surface area contributed by atoms with Crippen molar-refractivity contribution >= 4 is 17.6 Å². The van der Waals surface area contributed by atoms with Crippen molar-refractivity contribution in [3.63, 3.8) is 0 Å². The van der Waals surface area contributed by atoms with Crippen LogP contribution >= 0.6 is 0 Å². The summed E-state index contributed by atoms with van der Waals surface area (Å²) in [6.07, 6.45) is 7.43. The lowest BCUT2D eigenvalue weighted by atomic mass is 9.56. The number of alkyl halides is 3. The molecule has 2 amide bonds. The Labute approximate surface area is 223 Å². The molecule has 38 heavy (non-hydrogen) atoms. The second-order valence-corrected chi connectivity index (χ2v) is 13.5. The summed E-state index contributed by atoms with van der Waals surface area (Å²) in [7, 11) is 1.92. The Bertz CT molecular complexity index is 1010. The van der Waals surface area contributed by atoms with Crippen molar-refractivity contribution in [2.75, 3.05) is 39.8 Å². The zero-order valence-electron chi connectivity index (χ0n) is 22.6. The topological polar surface area (TPSA) is 72.3 Å². The minimum atomic E-state index is -4.21. The molecule has 3 heterocycles. The quantitative estimate of drug-likeness (QED) is 0.530. The fraction of sp³-hybridized carbons (Fsp3) is 0.821. The minimum absolute atomic E-state index is 0.119. The molecule has 1 spiro atoms. The summed E-state index contributed by atoms with van der Waals surface area (Å²) in [5, 5.41) is 0. The van der Waals surface area contributed by atoms with E-state index in [4.69, 9.17) is 4.99 Å². The fourth-order valence-electron chi connectivity index (χ4n) is 7.79. The molecule has 7 nitrogen and oxygen atoms in total. The number of carbonyl (C=O) groups excluding carboxylic acids is 1. The maximum absolute atomic E-state index is 13.1. The summed E-state index contributed by atoms with van der Waals surface area (Å²) in [6.45, 7) is 5.32. The smallest absolute Gasteiger partial charge is 0.327 e. The van der Waals surface area contributed by atoms with E-state index in [0.29, 0.717) is 23.8 Å². The van der Waals surface area contributed by atoms with E-state index in [1.165, 1.54) is 25.3 Å². The predicted molar refractivity (Wildman–Crippen MR) is 141 cm³/mol. The Kier molecular flexibility index (Phi) is 6.55. The molecule has 3 aliphatic heterocycles. The number of nitrogens with one attached hydrogen (secondary N) is 2. The van der Waals surface area contributed by atoms with Gasteiger partial charge in [0.2, 0.25) is 0 Å². The molecule has 10 heteroatoms. The fourth-order valence-corrected chi connectivity index (χ4v) is 7.79. The zero-order chi connectivity index (χ0) is 26.7. The third kappa shape index (κ3) is 5.09. The number of amides is 2. The third-order valence-electron chi connectivity index (χ3n) is 10.1. The molecule has 2 N–H and O–H groups in total. The van der Waals surface area contributed by atoms with Crippen LogP contribution in [-0.4, -0.2) is 79.4 Å². The van der Waals surface area contributed by atoms with Gasteiger partial charge < -0.3 is 15.2 Å². The van der Waals surface area contributed by atoms with Gasteiger partial charge in [0.25, 0.3) is 0 Å². The van der Waals surface area contributed by atoms with E-state index in [1.807, 2.05) is 16.8 Å². The zero-order valence-corrected chi connectivity index (χ0v) is 22.6. The largest absolute Gasteiger partial charge is 0.396 e. The van der Waals surface area contributed by atoms with Crippen molar-refractivity contribution in [2.24, 2.45) is 44.5 Å². The Morgan fingerprint density at radius 2 is 1.89 bits per heavy atom. The third-order valence-corrected chi connectivity index (χ3v) is 10.1. The first kappa shape index (κ1) is 26.1. The van der Waals surface area contributed by atoms with Crippen LogP contribution in [0.5, 0.6) is 0 Å². The number of allylic oxidation sites excluding steroid dienone is 1. The molecule has 0 aromatic carbocycles. The molecule has 3 saturated carbocycles. The van der Waals surface area contributed by atoms with Gasteiger partial charge in [0.15, 0.2) is 0 Å². The van der Waals surface area contributed by atoms with Gasteiger partial charge in [-0.15, -0.1) is 0 Å². The summed E-state index contributed by atoms with van der Waals surface area (Å²) in [5.41, 5.74) is 8.01. The summed E-state index contributed by atoms with van der Waals surface area (Å²) >= 11 is 0. The van der Waals surface area contributed by atoms with E-state index in [2.05, 4.69) is 22.8 Å². The Balaban J connectivity index is 0.890. The lowest BCUT2D eigenvalue weighted by Crippen LogP contribution is -2.66. The van der Waals surface area contributed by atoms with Crippen LogP contribution in [0, 0.1) is 34.5 Å². The second-order valence-electron chi connectivity index (χ2n) is 13.5. The number of likely N-dealkylation sites (tertiary alicyclic amines) is 1. The van der Waals surface area contributed by atoms with E-state index in [-0.39, 0.29) is 23.4 Å². The second kappa shape index (κ2) is 9.52. The van der Waals surface area contributed by atoms with Crippen LogP contribution in [0.15, 0.2) is 22.1 Å². The van der Waals surface area contributed by atoms with E-state index >= 15 is 0 Å². The Morgan fingerprint density at radius 3 is 2.45 bits per heavy atom. The number of nitrogens with zero attached hydrogens (tertiary/aromatic N) is 4. The van der Waals surface area contributed by atoms with E-state index in [0.717, 1.165) is 69.8 Å². The highest BCUT2D eigenvalue weighted by molar-refractivity contribution is 5.95. The normalized spacial score (nSPS) is 34.8. The number of hydrogen-bond donors (Lipinski definition) is 2. The molecule has 6 aliphatic rings. The van der Waals surface area contributed by atoms with Gasteiger partial charge in [0.1, 0.15) is 5.84 Å². The SMILES string of the molecule is CN(CC1(C)CC(C2CN=C(C3CCC3)NN2)C1)C(=O)N1CC2(CC(CC3=NCC(C(F)(F)F)C=C3)C2)C1. The number of rotatable bonds is 6. The average molecular weight is 535 g/mol. The van der Waals surface area contributed by atoms with Crippen molar-refractivity contribution in [1.29, 1.82) is 0 Å². The molecule has 3 aliphatic carbocycles. The van der Waals surface area contributed by atoms with Gasteiger partial charge in [-0.05, 0) is 68.3 Å². The standard InChI is InChI=1S/C28H41F3N6O/c1-26(11-20(12-26)23-14-33-24(35-34-23)19-4-3-5-19)15-36(2)25(38)37-16-27(17-37)9-18(10-27)8-22-7-6-21(13-32-22)28(29,30)31/h6-7,18-21,23,34H,3-5,8-17H2,1-2H3,(H,33,35). The van der Waals surface area contributed by atoms with Gasteiger partial charge in [-0.3, -0.25) is 9.98 Å². The number of hydrogen-bond acceptors (Lipinski definition) is 5. The highest BCUT2D eigenvalue weighted by Crippen LogP contribution is 2.54. The molecule has 6 rings (SSSR count). The highest BCUT2D eigenvalue weighted by atomic mass is 19.4. The van der Waals surface area contributed by atoms with Crippen LogP contribution in [0.4, 0.5) is 18.0 Å². The van der Waals surface area contributed by atoms with Crippen molar-refractivity contribution in [3.05, 3.63) is 12.2 Å². The molecule has 2 atom stereocenters. The number of hydrazine groups is 1. The molecule has 0 bridgehead atoms. The van der Waals surface area contributed by atoms with Crippen LogP contribution < -0.4 is 10.9 Å². The summed E-state index contributed by atoms with van der Waals surface area (Å²) in [4.78, 5) is 25.9. The van der Waals surface area contributed by atoms with Gasteiger partial charge in [0, 0.05) is 49.8 Å². The van der Waals surface area contributed by atoms with Crippen molar-refractivity contribution < 1.29 is 18.0 Å². The van der Waals surface area contributed by atoms with Crippen LogP contribution in [0.1, 0.15) is 58.3 Å². The van der Waals surface area contributed by atoms with E-state index in [1.54, 1.807) is 6.08 Å². The number of dihydropyridines is 1. The molecule has 1 saturated heterocycles. The predicted octanol–water partition coefficient (Wildman–Crippen LogP) is 4.42. The summed E-state index contributed by atoms with van der Waals surface area (Å²) in [5.74, 6) is 1.36. The maximum atomic E-state index is 13.1. The number of amidine groups is 1. The van der Waals surface area contributed by atoms with E-state index < -0.39 is 12.1 Å². The van der Waals surface area contributed by atoms with Crippen LogP contribution in [0.3, 0.4) is 0 Å². The molecule has 0 radical (unpaired) electrons.